The molecule has 0 aliphatic carbocycles. The summed E-state index contributed by atoms with van der Waals surface area (Å²) in [6.07, 6.45) is 0. The van der Waals surface area contributed by atoms with Crippen molar-refractivity contribution in [3.05, 3.63) is 48.4 Å². The maximum absolute atomic E-state index is 12.7. The lowest BCUT2D eigenvalue weighted by molar-refractivity contribution is -0.116. The van der Waals surface area contributed by atoms with Gasteiger partial charge in [-0.15, -0.1) is 0 Å². The minimum Gasteiger partial charge on any atom is -0.441 e. The molecule has 0 aliphatic heterocycles. The average Bonchev–Trinajstić information content (AvgIpc) is 3.00. The van der Waals surface area contributed by atoms with Crippen LogP contribution in [-0.4, -0.2) is 43.1 Å². The highest BCUT2D eigenvalue weighted by Crippen LogP contribution is 2.20. The zero-order valence-corrected chi connectivity index (χ0v) is 16.9. The Kier molecular flexibility index (Phi) is 5.66. The summed E-state index contributed by atoms with van der Waals surface area (Å²) >= 11 is 0. The van der Waals surface area contributed by atoms with Gasteiger partial charge in [-0.2, -0.15) is 4.31 Å². The number of hydrogen-bond acceptors (Lipinski definition) is 6. The Bertz CT molecular complexity index is 1170. The van der Waals surface area contributed by atoms with Crippen LogP contribution in [-0.2, 0) is 19.6 Å². The van der Waals surface area contributed by atoms with E-state index in [-0.39, 0.29) is 17.3 Å². The first-order chi connectivity index (χ1) is 13.6. The van der Waals surface area contributed by atoms with Crippen LogP contribution in [0.3, 0.4) is 0 Å². The highest BCUT2D eigenvalue weighted by Gasteiger charge is 2.23. The van der Waals surface area contributed by atoms with Gasteiger partial charge < -0.3 is 15.1 Å². The number of benzene rings is 2. The molecule has 0 unspecified atom stereocenters. The highest BCUT2D eigenvalue weighted by atomic mass is 32.2. The van der Waals surface area contributed by atoms with E-state index in [9.17, 15) is 18.0 Å². The van der Waals surface area contributed by atoms with Crippen LogP contribution in [0, 0.1) is 6.92 Å². The lowest BCUT2D eigenvalue weighted by Crippen LogP contribution is -2.34. The van der Waals surface area contributed by atoms with Crippen LogP contribution in [0.15, 0.2) is 51.8 Å². The number of carbonyl (C=O) groups excluding carboxylic acids is 2. The van der Waals surface area contributed by atoms with Gasteiger partial charge in [0.15, 0.2) is 11.5 Å². The molecule has 2 amide bonds. The number of carbonyl (C=O) groups is 2. The van der Waals surface area contributed by atoms with Gasteiger partial charge in [0.05, 0.1) is 11.4 Å². The van der Waals surface area contributed by atoms with Crippen molar-refractivity contribution in [2.75, 3.05) is 24.2 Å². The molecule has 3 rings (SSSR count). The standard InChI is InChI=1S/C19H20N4O5S/c1-12(24)20-14-4-7-16(8-5-14)29(26,27)23(3)11-19(25)22-15-6-9-18-17(10-15)21-13(2)28-18/h4-10H,11H2,1-3H3,(H,20,24)(H,22,25). The third-order valence-electron chi connectivity index (χ3n) is 4.03. The van der Waals surface area contributed by atoms with Gasteiger partial charge in [-0.1, -0.05) is 0 Å². The van der Waals surface area contributed by atoms with E-state index in [2.05, 4.69) is 15.6 Å². The molecule has 1 aromatic heterocycles. The van der Waals surface area contributed by atoms with E-state index in [0.717, 1.165) is 4.31 Å². The number of hydrogen-bond donors (Lipinski definition) is 2. The molecule has 9 nitrogen and oxygen atoms in total. The quantitative estimate of drug-likeness (QED) is 0.636. The van der Waals surface area contributed by atoms with Gasteiger partial charge >= 0.3 is 0 Å². The van der Waals surface area contributed by atoms with E-state index < -0.39 is 15.9 Å². The number of nitrogens with one attached hydrogen (secondary N) is 2. The first-order valence-corrected chi connectivity index (χ1v) is 10.1. The van der Waals surface area contributed by atoms with Gasteiger partial charge in [-0.25, -0.2) is 13.4 Å². The Labute approximate surface area is 167 Å². The van der Waals surface area contributed by atoms with Crippen LogP contribution in [0.5, 0.6) is 0 Å². The van der Waals surface area contributed by atoms with Crippen LogP contribution in [0.2, 0.25) is 0 Å². The lowest BCUT2D eigenvalue weighted by Gasteiger charge is -2.17. The molecule has 0 fully saturated rings. The molecule has 0 spiro atoms. The van der Waals surface area contributed by atoms with Crippen molar-refractivity contribution in [2.24, 2.45) is 0 Å². The van der Waals surface area contributed by atoms with Crippen molar-refractivity contribution in [1.29, 1.82) is 0 Å². The molecule has 10 heteroatoms. The fourth-order valence-electron chi connectivity index (χ4n) is 2.70. The molecule has 0 aliphatic rings. The van der Waals surface area contributed by atoms with Crippen LogP contribution in [0.1, 0.15) is 12.8 Å². The summed E-state index contributed by atoms with van der Waals surface area (Å²) in [7, 11) is -2.55. The number of aryl methyl sites for hydroxylation is 1. The molecule has 0 radical (unpaired) electrons. The second kappa shape index (κ2) is 8.02. The molecule has 3 aromatic rings. The van der Waals surface area contributed by atoms with E-state index in [1.54, 1.807) is 25.1 Å². The monoisotopic (exact) mass is 416 g/mol. The molecule has 2 N–H and O–H groups in total. The number of oxazole rings is 1. The minimum absolute atomic E-state index is 0.0152. The molecular formula is C19H20N4O5S. The predicted octanol–water partition coefficient (Wildman–Crippen LogP) is 2.35. The number of likely N-dealkylation sites (N-methyl/N-ethyl adjacent to an activating group) is 1. The Balaban J connectivity index is 1.67. The van der Waals surface area contributed by atoms with Crippen molar-refractivity contribution in [1.82, 2.24) is 9.29 Å². The fourth-order valence-corrected chi connectivity index (χ4v) is 3.83. The van der Waals surface area contributed by atoms with Crippen molar-refractivity contribution in [2.45, 2.75) is 18.7 Å². The van der Waals surface area contributed by atoms with Gasteiger partial charge in [-0.3, -0.25) is 9.59 Å². The maximum atomic E-state index is 12.7. The maximum Gasteiger partial charge on any atom is 0.243 e. The van der Waals surface area contributed by atoms with Gasteiger partial charge in [0.1, 0.15) is 5.52 Å². The zero-order valence-electron chi connectivity index (χ0n) is 16.1. The second-order valence-corrected chi connectivity index (χ2v) is 8.48. The number of sulfonamides is 1. The number of anilines is 2. The molecule has 0 bridgehead atoms. The van der Waals surface area contributed by atoms with Crippen LogP contribution >= 0.6 is 0 Å². The smallest absolute Gasteiger partial charge is 0.243 e. The first-order valence-electron chi connectivity index (χ1n) is 8.66. The molecule has 0 saturated heterocycles. The van der Waals surface area contributed by atoms with E-state index in [1.165, 1.54) is 38.2 Å². The Morgan fingerprint density at radius 1 is 1.07 bits per heavy atom. The normalized spacial score (nSPS) is 11.6. The summed E-state index contributed by atoms with van der Waals surface area (Å²) in [5, 5.41) is 5.22. The van der Waals surface area contributed by atoms with E-state index in [0.29, 0.717) is 28.4 Å². The third kappa shape index (κ3) is 4.79. The SMILES string of the molecule is CC(=O)Nc1ccc(S(=O)(=O)N(C)CC(=O)Nc2ccc3oc(C)nc3c2)cc1. The number of rotatable bonds is 6. The molecule has 152 valence electrons. The fraction of sp³-hybridized carbons (Fsp3) is 0.211. The van der Waals surface area contributed by atoms with Crippen molar-refractivity contribution < 1.29 is 22.4 Å². The molecule has 29 heavy (non-hydrogen) atoms. The van der Waals surface area contributed by atoms with Crippen molar-refractivity contribution >= 4 is 44.3 Å². The average molecular weight is 416 g/mol. The molecular weight excluding hydrogens is 396 g/mol. The van der Waals surface area contributed by atoms with Crippen molar-refractivity contribution in [3.8, 4) is 0 Å². The van der Waals surface area contributed by atoms with Crippen LogP contribution < -0.4 is 10.6 Å². The molecule has 2 aromatic carbocycles. The number of nitrogens with zero attached hydrogens (tertiary/aromatic N) is 2. The van der Waals surface area contributed by atoms with Gasteiger partial charge in [-0.05, 0) is 42.5 Å². The predicted molar refractivity (Wildman–Crippen MR) is 108 cm³/mol. The first kappa shape index (κ1) is 20.5. The molecule has 1 heterocycles. The van der Waals surface area contributed by atoms with Gasteiger partial charge in [0.25, 0.3) is 0 Å². The summed E-state index contributed by atoms with van der Waals surface area (Å²) in [6, 6.07) is 10.7. The number of fused-ring (bicyclic) bond motifs is 1. The third-order valence-corrected chi connectivity index (χ3v) is 5.85. The Hall–Kier alpha value is -3.24. The molecule has 0 saturated carbocycles. The van der Waals surface area contributed by atoms with E-state index in [4.69, 9.17) is 4.42 Å². The largest absolute Gasteiger partial charge is 0.441 e. The topological polar surface area (TPSA) is 122 Å². The van der Waals surface area contributed by atoms with Crippen molar-refractivity contribution in [3.63, 3.8) is 0 Å². The Morgan fingerprint density at radius 3 is 2.38 bits per heavy atom. The summed E-state index contributed by atoms with van der Waals surface area (Å²) < 4.78 is 31.7. The second-order valence-electron chi connectivity index (χ2n) is 6.43. The highest BCUT2D eigenvalue weighted by molar-refractivity contribution is 7.89. The van der Waals surface area contributed by atoms with Gasteiger partial charge in [0, 0.05) is 32.3 Å². The number of amides is 2. The summed E-state index contributed by atoms with van der Waals surface area (Å²) in [4.78, 5) is 27.6. The Morgan fingerprint density at radius 2 is 1.72 bits per heavy atom. The summed E-state index contributed by atoms with van der Waals surface area (Å²) in [5.41, 5.74) is 2.17. The van der Waals surface area contributed by atoms with E-state index >= 15 is 0 Å². The van der Waals surface area contributed by atoms with E-state index in [1.807, 2.05) is 0 Å². The number of aromatic nitrogens is 1. The zero-order chi connectivity index (χ0) is 21.2. The lowest BCUT2D eigenvalue weighted by atomic mass is 10.3. The molecule has 0 atom stereocenters. The van der Waals surface area contributed by atoms with Crippen LogP contribution in [0.4, 0.5) is 11.4 Å². The summed E-state index contributed by atoms with van der Waals surface area (Å²) in [5.74, 6) is -0.238. The minimum atomic E-state index is -3.87. The van der Waals surface area contributed by atoms with Gasteiger partial charge in [0.2, 0.25) is 21.8 Å². The van der Waals surface area contributed by atoms with Crippen LogP contribution in [0.25, 0.3) is 11.1 Å². The summed E-state index contributed by atoms with van der Waals surface area (Å²) in [6.45, 7) is 2.71.